The van der Waals surface area contributed by atoms with Crippen LogP contribution in [0.3, 0.4) is 0 Å². The number of imide groups is 1. The van der Waals surface area contributed by atoms with Gasteiger partial charge in [0.2, 0.25) is 5.91 Å². The number of hydrogen-bond donors (Lipinski definition) is 2. The third-order valence-electron chi connectivity index (χ3n) is 6.43. The van der Waals surface area contributed by atoms with Crippen LogP contribution in [0.5, 0.6) is 0 Å². The maximum Gasteiger partial charge on any atom is 0.325 e. The average molecular weight is 388 g/mol. The lowest BCUT2D eigenvalue weighted by molar-refractivity contribution is -0.137. The second kappa shape index (κ2) is 7.52. The zero-order chi connectivity index (χ0) is 19.7. The van der Waals surface area contributed by atoms with Gasteiger partial charge in [-0.3, -0.25) is 14.5 Å². The first-order valence-electron chi connectivity index (χ1n) is 10.3. The summed E-state index contributed by atoms with van der Waals surface area (Å²) in [6.07, 6.45) is 7.78. The number of rotatable bonds is 4. The van der Waals surface area contributed by atoms with Gasteiger partial charge in [-0.05, 0) is 31.6 Å². The molecule has 1 saturated heterocycles. The van der Waals surface area contributed by atoms with Crippen LogP contribution < -0.4 is 10.6 Å². The van der Waals surface area contributed by atoms with Gasteiger partial charge >= 0.3 is 6.03 Å². The van der Waals surface area contributed by atoms with Gasteiger partial charge in [0.1, 0.15) is 17.9 Å². The van der Waals surface area contributed by atoms with Crippen LogP contribution in [-0.4, -0.2) is 49.6 Å². The highest BCUT2D eigenvalue weighted by molar-refractivity contribution is 6.09. The van der Waals surface area contributed by atoms with Crippen molar-refractivity contribution >= 4 is 17.8 Å². The number of urea groups is 1. The summed E-state index contributed by atoms with van der Waals surface area (Å²) >= 11 is 0. The molecule has 28 heavy (non-hydrogen) atoms. The third kappa shape index (κ3) is 3.27. The van der Waals surface area contributed by atoms with Crippen LogP contribution >= 0.6 is 0 Å². The second-order valence-electron chi connectivity index (χ2n) is 8.21. The van der Waals surface area contributed by atoms with Crippen LogP contribution in [0.4, 0.5) is 4.79 Å². The standard InChI is InChI=1S/C19H28N6O3/c1-13-7-4-5-9-19(13)17(27)25(18(28)21-19)12-16(26)20-11-15-23-22-14-8-3-2-6-10-24(14)15/h13H,2-12H2,1H3,(H,20,26)(H,21,28)/t13-,19+/m1/s1. The van der Waals surface area contributed by atoms with Gasteiger partial charge in [-0.1, -0.05) is 26.2 Å². The van der Waals surface area contributed by atoms with Crippen molar-refractivity contribution in [3.8, 4) is 0 Å². The van der Waals surface area contributed by atoms with E-state index in [0.29, 0.717) is 6.42 Å². The van der Waals surface area contributed by atoms with Gasteiger partial charge in [-0.25, -0.2) is 4.79 Å². The number of hydrogen-bond acceptors (Lipinski definition) is 5. The van der Waals surface area contributed by atoms with Gasteiger partial charge in [-0.2, -0.15) is 0 Å². The molecule has 1 aromatic rings. The predicted molar refractivity (Wildman–Crippen MR) is 100 cm³/mol. The number of carbonyl (C=O) groups is 3. The molecule has 4 amide bonds. The Kier molecular flexibility index (Phi) is 5.07. The van der Waals surface area contributed by atoms with Gasteiger partial charge in [-0.15, -0.1) is 10.2 Å². The SMILES string of the molecule is C[C@@H]1CCCC[C@]12NC(=O)N(CC(=O)NCc1nnc3n1CCCCC3)C2=O. The Bertz CT molecular complexity index is 791. The number of fused-ring (bicyclic) bond motifs is 1. The van der Waals surface area contributed by atoms with Crippen molar-refractivity contribution in [3.05, 3.63) is 11.6 Å². The molecule has 0 unspecified atom stereocenters. The Labute approximate surface area is 164 Å². The number of amides is 4. The summed E-state index contributed by atoms with van der Waals surface area (Å²) in [5.41, 5.74) is -0.833. The van der Waals surface area contributed by atoms with Crippen LogP contribution in [0.2, 0.25) is 0 Å². The molecule has 1 aromatic heterocycles. The fourth-order valence-electron chi connectivity index (χ4n) is 4.69. The lowest BCUT2D eigenvalue weighted by atomic mass is 9.73. The summed E-state index contributed by atoms with van der Waals surface area (Å²) in [7, 11) is 0. The van der Waals surface area contributed by atoms with Crippen molar-refractivity contribution < 1.29 is 14.4 Å². The fraction of sp³-hybridized carbons (Fsp3) is 0.737. The molecule has 4 rings (SSSR count). The summed E-state index contributed by atoms with van der Waals surface area (Å²) < 4.78 is 2.07. The maximum absolute atomic E-state index is 12.9. The minimum absolute atomic E-state index is 0.0808. The zero-order valence-electron chi connectivity index (χ0n) is 16.4. The minimum atomic E-state index is -0.833. The first-order valence-corrected chi connectivity index (χ1v) is 10.3. The third-order valence-corrected chi connectivity index (χ3v) is 6.43. The molecule has 2 fully saturated rings. The van der Waals surface area contributed by atoms with E-state index in [1.54, 1.807) is 0 Å². The first kappa shape index (κ1) is 18.9. The number of carbonyl (C=O) groups excluding carboxylic acids is 3. The summed E-state index contributed by atoms with van der Waals surface area (Å²) in [4.78, 5) is 38.8. The number of aryl methyl sites for hydroxylation is 1. The Morgan fingerprint density at radius 3 is 2.89 bits per heavy atom. The van der Waals surface area contributed by atoms with E-state index < -0.39 is 11.6 Å². The van der Waals surface area contributed by atoms with E-state index in [0.717, 1.165) is 61.6 Å². The molecule has 2 atom stereocenters. The van der Waals surface area contributed by atoms with E-state index >= 15 is 0 Å². The van der Waals surface area contributed by atoms with E-state index in [1.165, 1.54) is 6.42 Å². The summed E-state index contributed by atoms with van der Waals surface area (Å²) in [5.74, 6) is 1.13. The smallest absolute Gasteiger partial charge is 0.325 e. The van der Waals surface area contributed by atoms with Crippen LogP contribution in [0.15, 0.2) is 0 Å². The lowest BCUT2D eigenvalue weighted by Crippen LogP contribution is -2.54. The highest BCUT2D eigenvalue weighted by atomic mass is 16.2. The fourth-order valence-corrected chi connectivity index (χ4v) is 4.69. The zero-order valence-corrected chi connectivity index (χ0v) is 16.4. The van der Waals surface area contributed by atoms with Crippen molar-refractivity contribution in [2.45, 2.75) is 76.9 Å². The van der Waals surface area contributed by atoms with Gasteiger partial charge in [0.25, 0.3) is 5.91 Å². The number of nitrogens with one attached hydrogen (secondary N) is 2. The molecule has 2 aliphatic heterocycles. The van der Waals surface area contributed by atoms with Gasteiger partial charge < -0.3 is 15.2 Å². The monoisotopic (exact) mass is 388 g/mol. The molecule has 3 heterocycles. The van der Waals surface area contributed by atoms with Crippen molar-refractivity contribution in [1.82, 2.24) is 30.3 Å². The molecule has 9 heteroatoms. The molecule has 3 aliphatic rings. The van der Waals surface area contributed by atoms with Crippen LogP contribution in [0, 0.1) is 5.92 Å². The van der Waals surface area contributed by atoms with E-state index in [2.05, 4.69) is 25.4 Å². The average Bonchev–Trinajstić information content (AvgIpc) is 3.04. The van der Waals surface area contributed by atoms with Crippen molar-refractivity contribution in [3.63, 3.8) is 0 Å². The second-order valence-corrected chi connectivity index (χ2v) is 8.21. The molecule has 2 N–H and O–H groups in total. The molecule has 152 valence electrons. The highest BCUT2D eigenvalue weighted by Gasteiger charge is 2.55. The normalized spacial score (nSPS) is 27.5. The summed E-state index contributed by atoms with van der Waals surface area (Å²) in [6.45, 7) is 2.84. The van der Waals surface area contributed by atoms with Crippen molar-refractivity contribution in [2.75, 3.05) is 6.54 Å². The molecular formula is C19H28N6O3. The molecule has 0 aromatic carbocycles. The number of aromatic nitrogens is 3. The molecule has 0 radical (unpaired) electrons. The van der Waals surface area contributed by atoms with E-state index in [-0.39, 0.29) is 30.8 Å². The van der Waals surface area contributed by atoms with Crippen LogP contribution in [0.1, 0.15) is 63.5 Å². The van der Waals surface area contributed by atoms with Gasteiger partial charge in [0.05, 0.1) is 6.54 Å². The van der Waals surface area contributed by atoms with Gasteiger partial charge in [0, 0.05) is 13.0 Å². The molecule has 0 bridgehead atoms. The highest BCUT2D eigenvalue weighted by Crippen LogP contribution is 2.38. The maximum atomic E-state index is 12.9. The van der Waals surface area contributed by atoms with E-state index in [1.807, 2.05) is 6.92 Å². The molecule has 1 spiro atoms. The Morgan fingerprint density at radius 1 is 1.21 bits per heavy atom. The van der Waals surface area contributed by atoms with Crippen LogP contribution in [-0.2, 0) is 29.1 Å². The first-order chi connectivity index (χ1) is 13.5. The topological polar surface area (TPSA) is 109 Å². The van der Waals surface area contributed by atoms with Crippen molar-refractivity contribution in [2.24, 2.45) is 5.92 Å². The van der Waals surface area contributed by atoms with Gasteiger partial charge in [0.15, 0.2) is 5.82 Å². The molecular weight excluding hydrogens is 360 g/mol. The Hall–Kier alpha value is -2.45. The minimum Gasteiger partial charge on any atom is -0.347 e. The van der Waals surface area contributed by atoms with Crippen molar-refractivity contribution in [1.29, 1.82) is 0 Å². The number of nitrogens with zero attached hydrogens (tertiary/aromatic N) is 4. The quantitative estimate of drug-likeness (QED) is 0.752. The Morgan fingerprint density at radius 2 is 2.07 bits per heavy atom. The predicted octanol–water partition coefficient (Wildman–Crippen LogP) is 1.12. The summed E-state index contributed by atoms with van der Waals surface area (Å²) in [6, 6.07) is -0.467. The lowest BCUT2D eigenvalue weighted by Gasteiger charge is -2.36. The molecule has 1 aliphatic carbocycles. The largest absolute Gasteiger partial charge is 0.347 e. The molecule has 9 nitrogen and oxygen atoms in total. The van der Waals surface area contributed by atoms with Crippen LogP contribution in [0.25, 0.3) is 0 Å². The Balaban J connectivity index is 1.37. The summed E-state index contributed by atoms with van der Waals surface area (Å²) in [5, 5.41) is 14.1. The van der Waals surface area contributed by atoms with E-state index in [4.69, 9.17) is 0 Å². The molecule has 1 saturated carbocycles. The van der Waals surface area contributed by atoms with E-state index in [9.17, 15) is 14.4 Å².